The second-order valence-corrected chi connectivity index (χ2v) is 5.75. The largest absolute Gasteiger partial charge is 0.345 e. The van der Waals surface area contributed by atoms with Crippen LogP contribution in [0, 0.1) is 11.3 Å². The molecule has 0 unspecified atom stereocenters. The van der Waals surface area contributed by atoms with Crippen molar-refractivity contribution in [3.63, 3.8) is 0 Å². The van der Waals surface area contributed by atoms with Crippen LogP contribution in [-0.4, -0.2) is 42.8 Å². The number of benzene rings is 2. The van der Waals surface area contributed by atoms with Crippen LogP contribution in [0.3, 0.4) is 0 Å². The molecule has 0 aliphatic rings. The molecule has 0 aliphatic heterocycles. The summed E-state index contributed by atoms with van der Waals surface area (Å²) in [6.07, 6.45) is 0. The molecule has 122 valence electrons. The molecule has 0 aliphatic carbocycles. The van der Waals surface area contributed by atoms with Crippen molar-refractivity contribution in [3.05, 3.63) is 70.8 Å². The van der Waals surface area contributed by atoms with E-state index in [-0.39, 0.29) is 11.8 Å². The highest BCUT2D eigenvalue weighted by Gasteiger charge is 2.14. The van der Waals surface area contributed by atoms with Gasteiger partial charge >= 0.3 is 0 Å². The second kappa shape index (κ2) is 7.42. The zero-order valence-corrected chi connectivity index (χ0v) is 14.0. The molecular formula is C19H19N3O2. The summed E-state index contributed by atoms with van der Waals surface area (Å²) in [5.74, 6) is -0.219. The molecule has 5 heteroatoms. The average Bonchev–Trinajstić information content (AvgIpc) is 2.61. The third-order valence-corrected chi connectivity index (χ3v) is 3.63. The monoisotopic (exact) mass is 321 g/mol. The van der Waals surface area contributed by atoms with Gasteiger partial charge in [0.1, 0.15) is 0 Å². The molecule has 0 aromatic heterocycles. The fourth-order valence-electron chi connectivity index (χ4n) is 2.26. The van der Waals surface area contributed by atoms with E-state index in [9.17, 15) is 9.59 Å². The predicted octanol–water partition coefficient (Wildman–Crippen LogP) is 2.53. The van der Waals surface area contributed by atoms with Gasteiger partial charge in [-0.3, -0.25) is 9.59 Å². The smallest absolute Gasteiger partial charge is 0.253 e. The summed E-state index contributed by atoms with van der Waals surface area (Å²) in [6.45, 7) is 0.447. The molecule has 0 atom stereocenters. The Kier molecular flexibility index (Phi) is 5.33. The van der Waals surface area contributed by atoms with Crippen molar-refractivity contribution in [1.82, 2.24) is 9.80 Å². The van der Waals surface area contributed by atoms with Crippen LogP contribution < -0.4 is 0 Å². The topological polar surface area (TPSA) is 64.4 Å². The van der Waals surface area contributed by atoms with Gasteiger partial charge in [-0.05, 0) is 42.0 Å². The van der Waals surface area contributed by atoms with Crippen molar-refractivity contribution in [2.24, 2.45) is 0 Å². The fraction of sp³-hybridized carbons (Fsp3) is 0.211. The molecule has 2 rings (SSSR count). The first kappa shape index (κ1) is 17.2. The Bertz CT molecular complexity index is 772. The number of amides is 2. The van der Waals surface area contributed by atoms with Gasteiger partial charge in [-0.1, -0.05) is 12.1 Å². The van der Waals surface area contributed by atoms with Crippen molar-refractivity contribution < 1.29 is 9.59 Å². The molecule has 2 aromatic rings. The Morgan fingerprint density at radius 2 is 1.38 bits per heavy atom. The van der Waals surface area contributed by atoms with Gasteiger partial charge in [0.25, 0.3) is 11.8 Å². The van der Waals surface area contributed by atoms with Crippen LogP contribution in [0.2, 0.25) is 0 Å². The zero-order chi connectivity index (χ0) is 17.7. The van der Waals surface area contributed by atoms with Crippen LogP contribution in [0.15, 0.2) is 48.5 Å². The summed E-state index contributed by atoms with van der Waals surface area (Å²) in [7, 11) is 5.10. The van der Waals surface area contributed by atoms with Gasteiger partial charge in [0.05, 0.1) is 11.6 Å². The lowest BCUT2D eigenvalue weighted by Gasteiger charge is -2.18. The Balaban J connectivity index is 2.07. The van der Waals surface area contributed by atoms with E-state index in [2.05, 4.69) is 6.07 Å². The zero-order valence-electron chi connectivity index (χ0n) is 14.0. The number of carbonyl (C=O) groups excluding carboxylic acids is 2. The quantitative estimate of drug-likeness (QED) is 0.869. The van der Waals surface area contributed by atoms with Gasteiger partial charge in [-0.15, -0.1) is 0 Å². The highest BCUT2D eigenvalue weighted by Crippen LogP contribution is 2.11. The Morgan fingerprint density at radius 1 is 0.875 bits per heavy atom. The minimum absolute atomic E-state index is 0.0973. The predicted molar refractivity (Wildman–Crippen MR) is 91.4 cm³/mol. The number of nitriles is 1. The maximum Gasteiger partial charge on any atom is 0.253 e. The molecule has 0 saturated heterocycles. The van der Waals surface area contributed by atoms with E-state index in [1.807, 2.05) is 12.1 Å². The van der Waals surface area contributed by atoms with Gasteiger partial charge in [-0.25, -0.2) is 0 Å². The fourth-order valence-corrected chi connectivity index (χ4v) is 2.26. The Labute approximate surface area is 141 Å². The number of hydrogen-bond donors (Lipinski definition) is 0. The van der Waals surface area contributed by atoms with Gasteiger partial charge in [0, 0.05) is 38.8 Å². The summed E-state index contributed by atoms with van der Waals surface area (Å²) in [5.41, 5.74) is 2.62. The van der Waals surface area contributed by atoms with Crippen LogP contribution in [0.4, 0.5) is 0 Å². The van der Waals surface area contributed by atoms with Crippen molar-refractivity contribution in [1.29, 1.82) is 5.26 Å². The van der Waals surface area contributed by atoms with E-state index in [1.165, 1.54) is 4.90 Å². The molecule has 5 nitrogen and oxygen atoms in total. The van der Waals surface area contributed by atoms with Crippen molar-refractivity contribution >= 4 is 11.8 Å². The molecule has 2 amide bonds. The number of nitrogens with zero attached hydrogens (tertiary/aromatic N) is 3. The minimum atomic E-state index is -0.122. The van der Waals surface area contributed by atoms with E-state index in [0.717, 1.165) is 5.56 Å². The first-order valence-corrected chi connectivity index (χ1v) is 7.48. The maximum atomic E-state index is 12.5. The molecule has 0 heterocycles. The standard InChI is InChI=1S/C19H19N3O2/c1-21(2)18(23)16-8-10-17(11-9-16)19(24)22(3)13-15-6-4-14(12-20)5-7-15/h4-11H,13H2,1-3H3. The van der Waals surface area contributed by atoms with E-state index in [0.29, 0.717) is 23.2 Å². The first-order chi connectivity index (χ1) is 11.4. The van der Waals surface area contributed by atoms with Gasteiger partial charge < -0.3 is 9.80 Å². The molecule has 24 heavy (non-hydrogen) atoms. The summed E-state index contributed by atoms with van der Waals surface area (Å²) < 4.78 is 0. The van der Waals surface area contributed by atoms with Gasteiger partial charge in [-0.2, -0.15) is 5.26 Å². The molecule has 0 radical (unpaired) electrons. The van der Waals surface area contributed by atoms with Gasteiger partial charge in [0.2, 0.25) is 0 Å². The summed E-state index contributed by atoms with van der Waals surface area (Å²) in [6, 6.07) is 15.8. The molecule has 0 N–H and O–H groups in total. The van der Waals surface area contributed by atoms with E-state index in [1.54, 1.807) is 62.4 Å². The molecule has 0 bridgehead atoms. The van der Waals surface area contributed by atoms with E-state index >= 15 is 0 Å². The Morgan fingerprint density at radius 3 is 1.83 bits per heavy atom. The normalized spacial score (nSPS) is 9.92. The summed E-state index contributed by atoms with van der Waals surface area (Å²) in [5, 5.41) is 8.80. The van der Waals surface area contributed by atoms with Crippen LogP contribution in [0.25, 0.3) is 0 Å². The van der Waals surface area contributed by atoms with Crippen LogP contribution >= 0.6 is 0 Å². The highest BCUT2D eigenvalue weighted by molar-refractivity contribution is 5.97. The Hall–Kier alpha value is -3.13. The van der Waals surface area contributed by atoms with E-state index < -0.39 is 0 Å². The SMILES string of the molecule is CN(C)C(=O)c1ccc(C(=O)N(C)Cc2ccc(C#N)cc2)cc1. The van der Waals surface area contributed by atoms with Crippen LogP contribution in [0.1, 0.15) is 31.8 Å². The third-order valence-electron chi connectivity index (χ3n) is 3.63. The van der Waals surface area contributed by atoms with Gasteiger partial charge in [0.15, 0.2) is 0 Å². The van der Waals surface area contributed by atoms with Crippen LogP contribution in [-0.2, 0) is 6.54 Å². The van der Waals surface area contributed by atoms with Crippen molar-refractivity contribution in [3.8, 4) is 6.07 Å². The average molecular weight is 321 g/mol. The number of carbonyl (C=O) groups is 2. The molecule has 0 saturated carbocycles. The minimum Gasteiger partial charge on any atom is -0.345 e. The van der Waals surface area contributed by atoms with Crippen LogP contribution in [0.5, 0.6) is 0 Å². The van der Waals surface area contributed by atoms with E-state index in [4.69, 9.17) is 5.26 Å². The molecule has 0 spiro atoms. The third kappa shape index (κ3) is 3.99. The lowest BCUT2D eigenvalue weighted by molar-refractivity contribution is 0.0782. The lowest BCUT2D eigenvalue weighted by atomic mass is 10.1. The molecule has 0 fully saturated rings. The van der Waals surface area contributed by atoms with Crippen molar-refractivity contribution in [2.45, 2.75) is 6.54 Å². The lowest BCUT2D eigenvalue weighted by Crippen LogP contribution is -2.26. The molecular weight excluding hydrogens is 302 g/mol. The maximum absolute atomic E-state index is 12.5. The van der Waals surface area contributed by atoms with Crippen molar-refractivity contribution in [2.75, 3.05) is 21.1 Å². The first-order valence-electron chi connectivity index (χ1n) is 7.48. The number of hydrogen-bond acceptors (Lipinski definition) is 3. The molecule has 2 aromatic carbocycles. The highest BCUT2D eigenvalue weighted by atomic mass is 16.2. The number of rotatable bonds is 4. The second-order valence-electron chi connectivity index (χ2n) is 5.75. The summed E-state index contributed by atoms with van der Waals surface area (Å²) >= 11 is 0. The summed E-state index contributed by atoms with van der Waals surface area (Å²) in [4.78, 5) is 27.4.